The second-order valence-electron chi connectivity index (χ2n) is 8.53. The molecule has 2 saturated heterocycles. The van der Waals surface area contributed by atoms with E-state index in [1.807, 2.05) is 34.6 Å². The van der Waals surface area contributed by atoms with Gasteiger partial charge in [0.1, 0.15) is 7.85 Å². The van der Waals surface area contributed by atoms with E-state index in [4.69, 9.17) is 31.1 Å². The van der Waals surface area contributed by atoms with Gasteiger partial charge in [-0.2, -0.15) is 0 Å². The van der Waals surface area contributed by atoms with Crippen molar-refractivity contribution in [3.63, 3.8) is 0 Å². The van der Waals surface area contributed by atoms with E-state index < -0.39 is 14.3 Å². The molecule has 9 heteroatoms. The smallest absolute Gasteiger partial charge is 0.319 e. The van der Waals surface area contributed by atoms with E-state index in [0.29, 0.717) is 18.9 Å². The number of ether oxygens (including phenoxy) is 3. The van der Waals surface area contributed by atoms with E-state index in [1.165, 1.54) is 0 Å². The SMILES string of the molecule is [B][C@@H]1O[C@H](C(C)C)[C@H](O[PH](=O)OCC[C@H]2O[C@@H](C)C(C)[C@H]2OC(C)C)C1C.[Y]. The van der Waals surface area contributed by atoms with Crippen LogP contribution in [-0.2, 0) is 60.5 Å². The van der Waals surface area contributed by atoms with Crippen molar-refractivity contribution in [3.05, 3.63) is 0 Å². The second kappa shape index (κ2) is 12.3. The molecule has 2 fully saturated rings. The van der Waals surface area contributed by atoms with Crippen LogP contribution in [0.3, 0.4) is 0 Å². The Kier molecular flexibility index (Phi) is 12.0. The van der Waals surface area contributed by atoms with Crippen molar-refractivity contribution in [1.29, 1.82) is 0 Å². The molecular weight excluding hydrogens is 455 g/mol. The van der Waals surface area contributed by atoms with Crippen LogP contribution in [0.25, 0.3) is 0 Å². The minimum Gasteiger partial charge on any atom is -0.381 e. The summed E-state index contributed by atoms with van der Waals surface area (Å²) in [5, 5.41) is 0. The molecule has 9 atom stereocenters. The van der Waals surface area contributed by atoms with Gasteiger partial charge in [-0.3, -0.25) is 4.57 Å². The van der Waals surface area contributed by atoms with Crippen molar-refractivity contribution in [2.24, 2.45) is 17.8 Å². The molecule has 0 aromatic rings. The number of hydrogen-bond acceptors (Lipinski definition) is 6. The molecule has 2 rings (SSSR count). The van der Waals surface area contributed by atoms with Gasteiger partial charge < -0.3 is 23.3 Å². The summed E-state index contributed by atoms with van der Waals surface area (Å²) < 4.78 is 41.3. The van der Waals surface area contributed by atoms with E-state index in [-0.39, 0.29) is 81.2 Å². The van der Waals surface area contributed by atoms with Gasteiger partial charge in [0.25, 0.3) is 0 Å². The van der Waals surface area contributed by atoms with Gasteiger partial charge in [0.15, 0.2) is 0 Å². The third-order valence-corrected chi connectivity index (χ3v) is 6.53. The van der Waals surface area contributed by atoms with Crippen LogP contribution in [-0.4, -0.2) is 57.1 Å². The Morgan fingerprint density at radius 1 is 1.04 bits per heavy atom. The number of rotatable bonds is 9. The van der Waals surface area contributed by atoms with Crippen LogP contribution in [0.1, 0.15) is 54.9 Å². The molecule has 6 nitrogen and oxygen atoms in total. The Morgan fingerprint density at radius 3 is 2.25 bits per heavy atom. The maximum absolute atomic E-state index is 12.4. The fraction of sp³-hybridized carbons (Fsp3) is 1.00. The molecule has 0 bridgehead atoms. The third-order valence-electron chi connectivity index (χ3n) is 5.63. The van der Waals surface area contributed by atoms with E-state index in [1.54, 1.807) is 0 Å². The standard InChI is InChI=1S/C19H36BO6P.Y/c1-10(2)16-18(13(6)19(20)25-16)26-27(21)22-9-8-15-17(23-11(3)4)12(5)14(7)24-15;/h10-19,27H,8-9H2,1-7H3;/t12?,13?,14-,15+,16+,17+,18+,19+;/m0./s1. The molecule has 0 aromatic heterocycles. The maximum Gasteiger partial charge on any atom is 0.319 e. The minimum absolute atomic E-state index is 0. The molecule has 2 heterocycles. The molecule has 2 aliphatic heterocycles. The van der Waals surface area contributed by atoms with Crippen LogP contribution in [0.5, 0.6) is 0 Å². The Balaban J connectivity index is 0.00000392. The summed E-state index contributed by atoms with van der Waals surface area (Å²) in [5.41, 5.74) is 0. The van der Waals surface area contributed by atoms with Gasteiger partial charge in [0.2, 0.25) is 0 Å². The molecule has 0 spiro atoms. The van der Waals surface area contributed by atoms with E-state index >= 15 is 0 Å². The third kappa shape index (κ3) is 7.12. The molecule has 0 aliphatic carbocycles. The van der Waals surface area contributed by atoms with Crippen molar-refractivity contribution in [1.82, 2.24) is 0 Å². The van der Waals surface area contributed by atoms with Crippen molar-refractivity contribution < 1.29 is 60.5 Å². The Morgan fingerprint density at radius 2 is 1.68 bits per heavy atom. The first-order chi connectivity index (χ1) is 12.6. The first-order valence-corrected chi connectivity index (χ1v) is 11.4. The van der Waals surface area contributed by atoms with Crippen molar-refractivity contribution in [3.8, 4) is 0 Å². The maximum atomic E-state index is 12.4. The van der Waals surface area contributed by atoms with E-state index in [0.717, 1.165) is 0 Å². The number of hydrogen-bond donors (Lipinski definition) is 0. The normalized spacial score (nSPS) is 39.5. The van der Waals surface area contributed by atoms with Crippen molar-refractivity contribution in [2.45, 2.75) is 97.5 Å². The Hall–Kier alpha value is 1.20. The van der Waals surface area contributed by atoms with Crippen LogP contribution in [0, 0.1) is 17.8 Å². The van der Waals surface area contributed by atoms with Crippen LogP contribution >= 0.6 is 8.25 Å². The summed E-state index contributed by atoms with van der Waals surface area (Å²) in [7, 11) is 3.34. The molecule has 3 radical (unpaired) electrons. The van der Waals surface area contributed by atoms with Gasteiger partial charge in [0.05, 0.1) is 43.2 Å². The van der Waals surface area contributed by atoms with Crippen LogP contribution < -0.4 is 0 Å². The summed E-state index contributed by atoms with van der Waals surface area (Å²) in [6.45, 7) is 14.6. The predicted molar refractivity (Wildman–Crippen MR) is 106 cm³/mol. The summed E-state index contributed by atoms with van der Waals surface area (Å²) in [4.78, 5) is 0. The fourth-order valence-electron chi connectivity index (χ4n) is 3.82. The van der Waals surface area contributed by atoms with Gasteiger partial charge >= 0.3 is 8.25 Å². The zero-order valence-electron chi connectivity index (χ0n) is 18.3. The molecule has 2 aliphatic rings. The predicted octanol–water partition coefficient (Wildman–Crippen LogP) is 3.57. The summed E-state index contributed by atoms with van der Waals surface area (Å²) in [5.74, 6) is 0.513. The Bertz CT molecular complexity index is 497. The zero-order valence-corrected chi connectivity index (χ0v) is 22.1. The van der Waals surface area contributed by atoms with Crippen LogP contribution in [0.4, 0.5) is 0 Å². The van der Waals surface area contributed by atoms with E-state index in [2.05, 4.69) is 13.8 Å². The molecular formula is C19H36BO6PY. The summed E-state index contributed by atoms with van der Waals surface area (Å²) >= 11 is 0. The molecule has 0 amide bonds. The van der Waals surface area contributed by atoms with Crippen molar-refractivity contribution >= 4 is 16.1 Å². The molecule has 0 saturated carbocycles. The molecule has 3 unspecified atom stereocenters. The van der Waals surface area contributed by atoms with Crippen LogP contribution in [0.2, 0.25) is 0 Å². The average Bonchev–Trinajstić information content (AvgIpc) is 3.00. The Labute approximate surface area is 197 Å². The minimum atomic E-state index is -2.63. The van der Waals surface area contributed by atoms with Crippen molar-refractivity contribution in [2.75, 3.05) is 6.61 Å². The van der Waals surface area contributed by atoms with Gasteiger partial charge in [-0.25, -0.2) is 0 Å². The molecule has 0 aromatic carbocycles. The average molecular weight is 491 g/mol. The molecule has 28 heavy (non-hydrogen) atoms. The molecule has 0 N–H and O–H groups in total. The summed E-state index contributed by atoms with van der Waals surface area (Å²) in [6.07, 6.45) is 0.379. The second-order valence-corrected chi connectivity index (χ2v) is 9.55. The molecule has 159 valence electrons. The van der Waals surface area contributed by atoms with Gasteiger partial charge in [-0.1, -0.05) is 27.7 Å². The van der Waals surface area contributed by atoms with Crippen LogP contribution in [0.15, 0.2) is 0 Å². The largest absolute Gasteiger partial charge is 0.381 e. The first-order valence-electron chi connectivity index (χ1n) is 10.2. The van der Waals surface area contributed by atoms with Gasteiger partial charge in [-0.15, -0.1) is 0 Å². The van der Waals surface area contributed by atoms with Gasteiger partial charge in [0, 0.05) is 57.0 Å². The zero-order chi connectivity index (χ0) is 20.3. The topological polar surface area (TPSA) is 63.2 Å². The monoisotopic (exact) mass is 491 g/mol. The quantitative estimate of drug-likeness (QED) is 0.363. The fourth-order valence-corrected chi connectivity index (χ4v) is 4.75. The first kappa shape index (κ1) is 27.2. The summed E-state index contributed by atoms with van der Waals surface area (Å²) in [6, 6.07) is -0.402. The van der Waals surface area contributed by atoms with Gasteiger partial charge in [-0.05, 0) is 26.7 Å². The van der Waals surface area contributed by atoms with E-state index in [9.17, 15) is 4.57 Å².